The third-order valence-corrected chi connectivity index (χ3v) is 5.78. The number of ketones is 1. The Balaban J connectivity index is 2.45. The van der Waals surface area contributed by atoms with E-state index in [2.05, 4.69) is 45.0 Å². The van der Waals surface area contributed by atoms with Crippen molar-refractivity contribution in [2.75, 3.05) is 25.1 Å². The molecule has 2 aromatic rings. The minimum Gasteiger partial charge on any atom is -0.382 e. The number of rotatable bonds is 7. The maximum atomic E-state index is 12.5. The van der Waals surface area contributed by atoms with Crippen LogP contribution in [0.1, 0.15) is 11.3 Å². The first-order chi connectivity index (χ1) is 11.9. The lowest BCUT2D eigenvalue weighted by atomic mass is 10.1. The van der Waals surface area contributed by atoms with Crippen molar-refractivity contribution in [2.24, 2.45) is 0 Å². The molecular weight excluding hydrogens is 467 g/mol. The van der Waals surface area contributed by atoms with Crippen LogP contribution in [0.2, 0.25) is 0 Å². The third kappa shape index (κ3) is 4.65. The molecule has 0 saturated heterocycles. The van der Waals surface area contributed by atoms with Gasteiger partial charge in [0.1, 0.15) is 11.6 Å². The molecule has 1 aromatic heterocycles. The molecule has 0 radical (unpaired) electrons. The maximum absolute atomic E-state index is 12.5. The van der Waals surface area contributed by atoms with E-state index in [1.54, 1.807) is 37.1 Å². The number of fused-ring (bicyclic) bond motifs is 1. The Morgan fingerprint density at radius 3 is 2.72 bits per heavy atom. The summed E-state index contributed by atoms with van der Waals surface area (Å²) in [4.78, 5) is 14.2. The third-order valence-electron chi connectivity index (χ3n) is 3.61. The molecule has 0 aliphatic heterocycles. The summed E-state index contributed by atoms with van der Waals surface area (Å²) in [6, 6.07) is 8.24. The Bertz CT molecular complexity index is 868. The van der Waals surface area contributed by atoms with Crippen molar-refractivity contribution in [3.8, 4) is 6.07 Å². The molecule has 0 saturated carbocycles. The van der Waals surface area contributed by atoms with Crippen LogP contribution in [0.4, 0.5) is 5.69 Å². The second-order valence-corrected chi connectivity index (χ2v) is 8.05. The number of Topliss-reactive ketones (excluding diaryl/α,β-unsaturated/α-hetero) is 1. The van der Waals surface area contributed by atoms with Gasteiger partial charge < -0.3 is 9.62 Å². The molecule has 0 aliphatic rings. The predicted molar refractivity (Wildman–Crippen MR) is 117 cm³/mol. The first-order valence-corrected chi connectivity index (χ1v) is 12.0. The fourth-order valence-corrected chi connectivity index (χ4v) is 4.78. The van der Waals surface area contributed by atoms with Crippen LogP contribution < -0.4 is 4.72 Å². The molecule has 8 heteroatoms. The van der Waals surface area contributed by atoms with E-state index in [-0.39, 0.29) is 17.8 Å². The van der Waals surface area contributed by atoms with Crippen molar-refractivity contribution in [1.82, 2.24) is 8.87 Å². The summed E-state index contributed by atoms with van der Waals surface area (Å²) in [5, 5.41) is 10.3. The summed E-state index contributed by atoms with van der Waals surface area (Å²) < 4.78 is 5.33. The Labute approximate surface area is 168 Å². The van der Waals surface area contributed by atoms with Gasteiger partial charge in [-0.05, 0) is 30.7 Å². The Morgan fingerprint density at radius 1 is 1.44 bits per heavy atom. The number of allylic oxidation sites excluding steroid dienone is 1. The summed E-state index contributed by atoms with van der Waals surface area (Å²) >= 11 is 3.76. The molecule has 2 rings (SSSR count). The zero-order valence-electron chi connectivity index (χ0n) is 14.5. The fourth-order valence-electron chi connectivity index (χ4n) is 2.51. The van der Waals surface area contributed by atoms with E-state index in [0.29, 0.717) is 0 Å². The molecule has 1 N–H and O–H groups in total. The van der Waals surface area contributed by atoms with E-state index in [1.807, 2.05) is 22.4 Å². The lowest BCUT2D eigenvalue weighted by molar-refractivity contribution is -0.114. The van der Waals surface area contributed by atoms with Crippen LogP contribution in [0.15, 0.2) is 30.0 Å². The van der Waals surface area contributed by atoms with Gasteiger partial charge in [0.25, 0.3) is 0 Å². The molecular formula is C17H19IN4OS2. The molecule has 25 heavy (non-hydrogen) atoms. The molecule has 0 unspecified atom stereocenters. The number of hydrogen-bond acceptors (Lipinski definition) is 6. The van der Waals surface area contributed by atoms with Crippen molar-refractivity contribution in [1.29, 1.82) is 5.26 Å². The highest BCUT2D eigenvalue weighted by Gasteiger charge is 2.17. The van der Waals surface area contributed by atoms with Gasteiger partial charge in [0.05, 0.1) is 11.9 Å². The van der Waals surface area contributed by atoms with Crippen LogP contribution in [0.3, 0.4) is 0 Å². The van der Waals surface area contributed by atoms with Gasteiger partial charge >= 0.3 is 0 Å². The SMILES string of the molecule is CSNc1cc2c(cc1C)cc(CC(=O)/C(C#N)=C/N(C)C)n2SI. The summed E-state index contributed by atoms with van der Waals surface area (Å²) in [6.45, 7) is 2.06. The van der Waals surface area contributed by atoms with Crippen LogP contribution >= 0.6 is 42.3 Å². The topological polar surface area (TPSA) is 61.1 Å². The second-order valence-electron chi connectivity index (χ2n) is 5.75. The standard InChI is InChI=1S/C17H19IN4OS2/c1-11-5-12-6-14(7-17(23)13(9-19)10-21(2)3)22(25-18)16(12)8-15(11)20-24-4/h5-6,8,10,20H,7H2,1-4H3/b13-10+. The zero-order valence-corrected chi connectivity index (χ0v) is 18.3. The quantitative estimate of drug-likeness (QED) is 0.268. The summed E-state index contributed by atoms with van der Waals surface area (Å²) in [5.74, 6) is -0.176. The van der Waals surface area contributed by atoms with Gasteiger partial charge in [0.15, 0.2) is 5.78 Å². The van der Waals surface area contributed by atoms with E-state index >= 15 is 0 Å². The number of benzene rings is 1. The summed E-state index contributed by atoms with van der Waals surface area (Å²) in [6.07, 6.45) is 3.75. The number of aromatic nitrogens is 1. The Hall–Kier alpha value is -1.31. The second kappa shape index (κ2) is 8.87. The van der Waals surface area contributed by atoms with E-state index in [0.717, 1.165) is 27.8 Å². The van der Waals surface area contributed by atoms with Crippen molar-refractivity contribution in [3.05, 3.63) is 41.2 Å². The molecule has 0 aliphatic carbocycles. The highest BCUT2D eigenvalue weighted by atomic mass is 127. The van der Waals surface area contributed by atoms with Crippen LogP contribution in [-0.4, -0.2) is 35.0 Å². The number of nitrogens with one attached hydrogen (secondary N) is 1. The van der Waals surface area contributed by atoms with Crippen molar-refractivity contribution < 1.29 is 4.79 Å². The molecule has 0 spiro atoms. The molecule has 0 amide bonds. The lowest BCUT2D eigenvalue weighted by Gasteiger charge is -2.09. The van der Waals surface area contributed by atoms with Gasteiger partial charge in [-0.25, -0.2) is 0 Å². The monoisotopic (exact) mass is 486 g/mol. The van der Waals surface area contributed by atoms with Crippen molar-refractivity contribution >= 4 is 64.6 Å². The van der Waals surface area contributed by atoms with E-state index in [1.165, 1.54) is 9.12 Å². The fraction of sp³-hybridized carbons (Fsp3) is 0.294. The van der Waals surface area contributed by atoms with Crippen LogP contribution in [0, 0.1) is 18.3 Å². The molecule has 1 heterocycles. The minimum absolute atomic E-state index is 0.168. The number of halogens is 1. The van der Waals surface area contributed by atoms with Gasteiger partial charge in [-0.3, -0.25) is 8.77 Å². The number of carbonyl (C=O) groups excluding carboxylic acids is 1. The minimum atomic E-state index is -0.176. The largest absolute Gasteiger partial charge is 0.382 e. The number of anilines is 1. The van der Waals surface area contributed by atoms with Crippen LogP contribution in [0.5, 0.6) is 0 Å². The molecule has 0 bridgehead atoms. The van der Waals surface area contributed by atoms with Crippen molar-refractivity contribution in [2.45, 2.75) is 13.3 Å². The number of nitrogens with zero attached hydrogens (tertiary/aromatic N) is 3. The number of nitriles is 1. The van der Waals surface area contributed by atoms with Gasteiger partial charge in [0, 0.05) is 73.6 Å². The van der Waals surface area contributed by atoms with Crippen LogP contribution in [0.25, 0.3) is 10.9 Å². The Kier molecular flexibility index (Phi) is 7.10. The predicted octanol–water partition coefficient (Wildman–Crippen LogP) is 4.57. The highest BCUT2D eigenvalue weighted by Crippen LogP contribution is 2.33. The van der Waals surface area contributed by atoms with Gasteiger partial charge in [-0.15, -0.1) is 0 Å². The summed E-state index contributed by atoms with van der Waals surface area (Å²) in [5.41, 5.74) is 4.33. The van der Waals surface area contributed by atoms with Crippen LogP contribution in [-0.2, 0) is 11.2 Å². The lowest BCUT2D eigenvalue weighted by Crippen LogP contribution is -2.11. The summed E-state index contributed by atoms with van der Waals surface area (Å²) in [7, 11) is 5.12. The first kappa shape index (κ1) is 20.0. The number of hydrogen-bond donors (Lipinski definition) is 1. The highest BCUT2D eigenvalue weighted by molar-refractivity contribution is 14.2. The molecule has 1 aromatic carbocycles. The van der Waals surface area contributed by atoms with Gasteiger partial charge in [-0.2, -0.15) is 5.26 Å². The molecule has 0 fully saturated rings. The van der Waals surface area contributed by atoms with Gasteiger partial charge in [-0.1, -0.05) is 11.9 Å². The smallest absolute Gasteiger partial charge is 0.180 e. The van der Waals surface area contributed by atoms with E-state index in [4.69, 9.17) is 0 Å². The molecule has 0 atom stereocenters. The average Bonchev–Trinajstić information content (AvgIpc) is 2.88. The van der Waals surface area contributed by atoms with Gasteiger partial charge in [0.2, 0.25) is 0 Å². The first-order valence-electron chi connectivity index (χ1n) is 7.45. The normalized spacial score (nSPS) is 11.4. The molecule has 5 nitrogen and oxygen atoms in total. The van der Waals surface area contributed by atoms with E-state index in [9.17, 15) is 10.1 Å². The number of carbonyl (C=O) groups is 1. The van der Waals surface area contributed by atoms with Crippen molar-refractivity contribution in [3.63, 3.8) is 0 Å². The Morgan fingerprint density at radius 2 is 2.16 bits per heavy atom. The zero-order chi connectivity index (χ0) is 18.6. The molecule has 132 valence electrons. The van der Waals surface area contributed by atoms with E-state index < -0.39 is 0 Å². The number of aryl methyl sites for hydroxylation is 1. The average molecular weight is 486 g/mol. The maximum Gasteiger partial charge on any atom is 0.180 e.